The molecule has 33 heavy (non-hydrogen) atoms. The summed E-state index contributed by atoms with van der Waals surface area (Å²) in [4.78, 5) is 51.8. The Labute approximate surface area is 197 Å². The molecule has 0 heterocycles. The zero-order valence-corrected chi connectivity index (χ0v) is 19.0. The zero-order valence-electron chi connectivity index (χ0n) is 18.1. The molecule has 3 amide bonds. The van der Waals surface area contributed by atoms with Gasteiger partial charge in [0.2, 0.25) is 17.7 Å². The Morgan fingerprint density at radius 1 is 1.03 bits per heavy atom. The van der Waals surface area contributed by atoms with Gasteiger partial charge in [0.1, 0.15) is 12.1 Å². The van der Waals surface area contributed by atoms with Gasteiger partial charge in [-0.1, -0.05) is 30.3 Å². The van der Waals surface area contributed by atoms with Crippen molar-refractivity contribution in [1.29, 1.82) is 0 Å². The number of amides is 3. The van der Waals surface area contributed by atoms with Crippen LogP contribution in [0.3, 0.4) is 0 Å². The van der Waals surface area contributed by atoms with Crippen molar-refractivity contribution in [2.24, 2.45) is 22.2 Å². The monoisotopic (exact) mass is 481 g/mol. The van der Waals surface area contributed by atoms with Gasteiger partial charge in [0.15, 0.2) is 5.96 Å². The second-order valence-corrected chi connectivity index (χ2v) is 7.53. The second kappa shape index (κ2) is 14.7. The smallest absolute Gasteiger partial charge is 0.326 e. The molecule has 0 saturated heterocycles. The molecule has 1 rings (SSSR count). The molecule has 0 radical (unpaired) electrons. The molecule has 0 aromatic heterocycles. The fourth-order valence-electron chi connectivity index (χ4n) is 2.73. The number of nitrogens with zero attached hydrogens (tertiary/aromatic N) is 1. The average Bonchev–Trinajstić information content (AvgIpc) is 2.77. The molecule has 3 atom stereocenters. The van der Waals surface area contributed by atoms with Crippen molar-refractivity contribution in [3.63, 3.8) is 0 Å². The van der Waals surface area contributed by atoms with Crippen LogP contribution < -0.4 is 33.2 Å². The molecule has 0 bridgehead atoms. The van der Waals surface area contributed by atoms with Crippen LogP contribution in [0.15, 0.2) is 35.3 Å². The normalized spacial score (nSPS) is 13.2. The van der Waals surface area contributed by atoms with E-state index in [1.165, 1.54) is 0 Å². The van der Waals surface area contributed by atoms with Crippen LogP contribution in [0.4, 0.5) is 0 Å². The molecular formula is C20H31N7O5S. The number of rotatable bonds is 14. The van der Waals surface area contributed by atoms with E-state index in [4.69, 9.17) is 17.2 Å². The third-order valence-corrected chi connectivity index (χ3v) is 4.82. The minimum absolute atomic E-state index is 0.0280. The van der Waals surface area contributed by atoms with Gasteiger partial charge in [0.25, 0.3) is 0 Å². The Kier molecular flexibility index (Phi) is 12.3. The molecule has 182 valence electrons. The van der Waals surface area contributed by atoms with Gasteiger partial charge in [-0.2, -0.15) is 12.6 Å². The van der Waals surface area contributed by atoms with Crippen molar-refractivity contribution in [3.05, 3.63) is 35.9 Å². The molecule has 3 unspecified atom stereocenters. The predicted molar refractivity (Wildman–Crippen MR) is 126 cm³/mol. The van der Waals surface area contributed by atoms with Crippen molar-refractivity contribution in [2.45, 2.75) is 37.4 Å². The highest BCUT2D eigenvalue weighted by atomic mass is 32.1. The van der Waals surface area contributed by atoms with Crippen molar-refractivity contribution in [3.8, 4) is 0 Å². The number of benzene rings is 1. The van der Waals surface area contributed by atoms with Crippen LogP contribution in [0.5, 0.6) is 0 Å². The summed E-state index contributed by atoms with van der Waals surface area (Å²) in [7, 11) is 0. The summed E-state index contributed by atoms with van der Waals surface area (Å²) < 4.78 is 0. The lowest BCUT2D eigenvalue weighted by atomic mass is 10.1. The van der Waals surface area contributed by atoms with Crippen LogP contribution in [0, 0.1) is 0 Å². The molecule has 13 heteroatoms. The largest absolute Gasteiger partial charge is 0.480 e. The molecule has 12 nitrogen and oxygen atoms in total. The maximum Gasteiger partial charge on any atom is 0.326 e. The quantitative estimate of drug-likeness (QED) is 0.0624. The molecule has 10 N–H and O–H groups in total. The van der Waals surface area contributed by atoms with Gasteiger partial charge in [-0.15, -0.1) is 0 Å². The first kappa shape index (κ1) is 27.7. The molecule has 0 saturated carbocycles. The lowest BCUT2D eigenvalue weighted by Crippen LogP contribution is -2.54. The molecule has 1 aromatic rings. The first-order chi connectivity index (χ1) is 15.6. The third-order valence-electron chi connectivity index (χ3n) is 4.45. The van der Waals surface area contributed by atoms with Crippen molar-refractivity contribution in [1.82, 2.24) is 16.0 Å². The Morgan fingerprint density at radius 3 is 2.27 bits per heavy atom. The van der Waals surface area contributed by atoms with Crippen LogP contribution in [0.1, 0.15) is 18.4 Å². The lowest BCUT2D eigenvalue weighted by molar-refractivity contribution is -0.142. The van der Waals surface area contributed by atoms with Crippen LogP contribution in [-0.2, 0) is 25.6 Å². The third kappa shape index (κ3) is 11.2. The van der Waals surface area contributed by atoms with Gasteiger partial charge in [-0.25, -0.2) is 4.79 Å². The number of carbonyl (C=O) groups is 4. The van der Waals surface area contributed by atoms with Crippen molar-refractivity contribution in [2.75, 3.05) is 18.8 Å². The number of carboxylic acids is 1. The Morgan fingerprint density at radius 2 is 1.70 bits per heavy atom. The van der Waals surface area contributed by atoms with E-state index in [1.807, 2.05) is 30.3 Å². The Hall–Kier alpha value is -3.32. The van der Waals surface area contributed by atoms with Gasteiger partial charge < -0.3 is 38.3 Å². The molecule has 0 aliphatic rings. The number of guanidine groups is 1. The van der Waals surface area contributed by atoms with Crippen LogP contribution in [-0.4, -0.2) is 71.7 Å². The van der Waals surface area contributed by atoms with E-state index in [9.17, 15) is 24.3 Å². The first-order valence-electron chi connectivity index (χ1n) is 10.2. The highest BCUT2D eigenvalue weighted by Crippen LogP contribution is 2.03. The molecule has 0 fully saturated rings. The molecular weight excluding hydrogens is 450 g/mol. The number of hydrogen-bond donors (Lipinski definition) is 8. The fourth-order valence-corrected chi connectivity index (χ4v) is 2.99. The van der Waals surface area contributed by atoms with E-state index >= 15 is 0 Å². The highest BCUT2D eigenvalue weighted by Gasteiger charge is 2.24. The second-order valence-electron chi connectivity index (χ2n) is 7.16. The summed E-state index contributed by atoms with van der Waals surface area (Å²) in [5.74, 6) is -3.26. The van der Waals surface area contributed by atoms with Gasteiger partial charge in [-0.05, 0) is 24.8 Å². The first-order valence-corrected chi connectivity index (χ1v) is 10.8. The van der Waals surface area contributed by atoms with E-state index < -0.39 is 48.4 Å². The van der Waals surface area contributed by atoms with E-state index in [-0.39, 0.29) is 31.1 Å². The summed E-state index contributed by atoms with van der Waals surface area (Å²) >= 11 is 4.06. The summed E-state index contributed by atoms with van der Waals surface area (Å²) in [6.07, 6.45) is 0.717. The van der Waals surface area contributed by atoms with E-state index in [2.05, 4.69) is 33.6 Å². The van der Waals surface area contributed by atoms with Crippen molar-refractivity contribution < 1.29 is 24.3 Å². The van der Waals surface area contributed by atoms with E-state index in [0.717, 1.165) is 5.56 Å². The number of aliphatic imine (C=N–C) groups is 1. The summed E-state index contributed by atoms with van der Waals surface area (Å²) in [5.41, 5.74) is 17.2. The molecule has 0 spiro atoms. The van der Waals surface area contributed by atoms with Gasteiger partial charge in [0.05, 0.1) is 12.6 Å². The van der Waals surface area contributed by atoms with Gasteiger partial charge in [-0.3, -0.25) is 19.4 Å². The minimum Gasteiger partial charge on any atom is -0.480 e. The Balaban J connectivity index is 2.49. The number of thiol groups is 1. The standard InChI is InChI=1S/C20H31N7O5S/c21-13(9-12-5-2-1-3-6-12)17(29)27-15(11-33)18(30)25-10-16(28)26-14(19(31)32)7-4-8-24-20(22)23/h1-3,5-6,13-15,33H,4,7-11,21H2,(H,25,30)(H,26,28)(H,27,29)(H,31,32)(H4,22,23,24). The number of carboxylic acid groups (broad SMARTS) is 1. The maximum atomic E-state index is 12.3. The highest BCUT2D eigenvalue weighted by molar-refractivity contribution is 7.80. The van der Waals surface area contributed by atoms with Crippen molar-refractivity contribution >= 4 is 42.3 Å². The minimum atomic E-state index is -1.23. The predicted octanol–water partition coefficient (Wildman–Crippen LogP) is -2.29. The van der Waals surface area contributed by atoms with Crippen LogP contribution in [0.2, 0.25) is 0 Å². The number of carbonyl (C=O) groups excluding carboxylic acids is 3. The molecule has 0 aliphatic carbocycles. The summed E-state index contributed by atoms with van der Waals surface area (Å²) in [5, 5.41) is 16.4. The molecule has 0 aliphatic heterocycles. The summed E-state index contributed by atoms with van der Waals surface area (Å²) in [6, 6.07) is 6.10. The lowest BCUT2D eigenvalue weighted by Gasteiger charge is -2.19. The number of nitrogens with one attached hydrogen (secondary N) is 3. The van der Waals surface area contributed by atoms with E-state index in [1.54, 1.807) is 0 Å². The van der Waals surface area contributed by atoms with Gasteiger partial charge in [0, 0.05) is 12.3 Å². The SMILES string of the molecule is NC(N)=NCCCC(NC(=O)CNC(=O)C(CS)NC(=O)C(N)Cc1ccccc1)C(=O)O. The fraction of sp³-hybridized carbons (Fsp3) is 0.450. The maximum absolute atomic E-state index is 12.3. The average molecular weight is 482 g/mol. The van der Waals surface area contributed by atoms with Gasteiger partial charge >= 0.3 is 5.97 Å². The Bertz CT molecular complexity index is 833. The molecule has 1 aromatic carbocycles. The zero-order chi connectivity index (χ0) is 24.8. The van der Waals surface area contributed by atoms with E-state index in [0.29, 0.717) is 6.42 Å². The number of nitrogens with two attached hydrogens (primary N) is 3. The van der Waals surface area contributed by atoms with Crippen LogP contribution in [0.25, 0.3) is 0 Å². The number of aliphatic carboxylic acids is 1. The number of hydrogen-bond acceptors (Lipinski definition) is 7. The van der Waals surface area contributed by atoms with Crippen LogP contribution >= 0.6 is 12.6 Å². The topological polar surface area (TPSA) is 215 Å². The summed E-state index contributed by atoms with van der Waals surface area (Å²) in [6.45, 7) is -0.263.